The standard InChI is InChI=1S/C32H31O4P/c1-24(21-22-33)23-30(27-17-9-11-19-29(27)35-2)36-32(34)28-18-10-12-20-31(28)37(25-13-5-3-6-14-25)26-15-7-4-8-16-26/h3-20,22,24,30H,21,23H2,1-2H3/t24-,30-/m0/s1. The minimum atomic E-state index is -0.982. The van der Waals surface area contributed by atoms with Gasteiger partial charge in [-0.2, -0.15) is 0 Å². The second-order valence-corrected chi connectivity index (χ2v) is 11.1. The van der Waals surface area contributed by atoms with Crippen LogP contribution in [0.15, 0.2) is 109 Å². The summed E-state index contributed by atoms with van der Waals surface area (Å²) in [6.45, 7) is 1.99. The summed E-state index contributed by atoms with van der Waals surface area (Å²) in [6, 6.07) is 35.8. The third-order valence-corrected chi connectivity index (χ3v) is 8.74. The van der Waals surface area contributed by atoms with E-state index in [9.17, 15) is 9.59 Å². The summed E-state index contributed by atoms with van der Waals surface area (Å²) in [5.74, 6) is 0.313. The number of benzene rings is 4. The zero-order valence-corrected chi connectivity index (χ0v) is 22.0. The van der Waals surface area contributed by atoms with Crippen LogP contribution < -0.4 is 20.7 Å². The fourth-order valence-electron chi connectivity index (χ4n) is 4.41. The third kappa shape index (κ3) is 6.53. The van der Waals surface area contributed by atoms with Crippen LogP contribution in [0.4, 0.5) is 0 Å². The van der Waals surface area contributed by atoms with Crippen LogP contribution in [-0.4, -0.2) is 19.4 Å². The number of methoxy groups -OCH3 is 1. The van der Waals surface area contributed by atoms with Crippen LogP contribution in [-0.2, 0) is 9.53 Å². The maximum absolute atomic E-state index is 13.8. The van der Waals surface area contributed by atoms with E-state index >= 15 is 0 Å². The van der Waals surface area contributed by atoms with Crippen molar-refractivity contribution < 1.29 is 19.1 Å². The lowest BCUT2D eigenvalue weighted by atomic mass is 9.95. The molecule has 0 spiro atoms. The largest absolute Gasteiger partial charge is 0.496 e. The number of carbonyl (C=O) groups is 2. The molecule has 0 aliphatic carbocycles. The molecule has 0 amide bonds. The lowest BCUT2D eigenvalue weighted by Gasteiger charge is -2.25. The number of para-hydroxylation sites is 1. The Kier molecular flexibility index (Phi) is 9.24. The highest BCUT2D eigenvalue weighted by Gasteiger charge is 2.27. The highest BCUT2D eigenvalue weighted by molar-refractivity contribution is 7.80. The van der Waals surface area contributed by atoms with Crippen LogP contribution >= 0.6 is 7.92 Å². The molecule has 4 aromatic rings. The topological polar surface area (TPSA) is 52.6 Å². The first-order valence-electron chi connectivity index (χ1n) is 12.4. The highest BCUT2D eigenvalue weighted by Crippen LogP contribution is 2.36. The van der Waals surface area contributed by atoms with Crippen LogP contribution in [0.5, 0.6) is 5.75 Å². The van der Waals surface area contributed by atoms with E-state index in [1.807, 2.05) is 91.9 Å². The summed E-state index contributed by atoms with van der Waals surface area (Å²) in [7, 11) is 0.624. The van der Waals surface area contributed by atoms with Crippen molar-refractivity contribution in [3.05, 3.63) is 120 Å². The molecule has 0 saturated carbocycles. The highest BCUT2D eigenvalue weighted by atomic mass is 31.1. The van der Waals surface area contributed by atoms with Crippen molar-refractivity contribution in [2.24, 2.45) is 5.92 Å². The predicted molar refractivity (Wildman–Crippen MR) is 151 cm³/mol. The Bertz CT molecular complexity index is 1270. The van der Waals surface area contributed by atoms with Crippen molar-refractivity contribution in [3.8, 4) is 5.75 Å². The van der Waals surface area contributed by atoms with Gasteiger partial charge >= 0.3 is 5.97 Å². The Hall–Kier alpha value is -3.75. The second kappa shape index (κ2) is 13.0. The van der Waals surface area contributed by atoms with E-state index in [-0.39, 0.29) is 11.9 Å². The molecule has 37 heavy (non-hydrogen) atoms. The van der Waals surface area contributed by atoms with E-state index in [1.54, 1.807) is 7.11 Å². The van der Waals surface area contributed by atoms with Crippen LogP contribution in [0.1, 0.15) is 41.8 Å². The molecule has 4 rings (SSSR count). The molecule has 0 radical (unpaired) electrons. The molecule has 188 valence electrons. The van der Waals surface area contributed by atoms with Crippen LogP contribution in [0.2, 0.25) is 0 Å². The fourth-order valence-corrected chi connectivity index (χ4v) is 6.85. The van der Waals surface area contributed by atoms with Gasteiger partial charge in [0.2, 0.25) is 0 Å². The van der Waals surface area contributed by atoms with Gasteiger partial charge < -0.3 is 14.3 Å². The maximum atomic E-state index is 13.8. The van der Waals surface area contributed by atoms with Gasteiger partial charge in [0.25, 0.3) is 0 Å². The Morgan fingerprint density at radius 1 is 0.811 bits per heavy atom. The Labute approximate surface area is 220 Å². The predicted octanol–water partition coefficient (Wildman–Crippen LogP) is 5.97. The van der Waals surface area contributed by atoms with Crippen LogP contribution in [0.25, 0.3) is 0 Å². The van der Waals surface area contributed by atoms with E-state index in [1.165, 1.54) is 0 Å². The summed E-state index contributed by atoms with van der Waals surface area (Å²) in [5.41, 5.74) is 1.34. The zero-order valence-electron chi connectivity index (χ0n) is 21.1. The summed E-state index contributed by atoms with van der Waals surface area (Å²) in [4.78, 5) is 25.0. The van der Waals surface area contributed by atoms with E-state index in [0.717, 1.165) is 27.8 Å². The van der Waals surface area contributed by atoms with Gasteiger partial charge in [0.15, 0.2) is 0 Å². The molecule has 0 saturated heterocycles. The summed E-state index contributed by atoms with van der Waals surface area (Å²) < 4.78 is 11.8. The van der Waals surface area contributed by atoms with Gasteiger partial charge in [-0.3, -0.25) is 0 Å². The molecule has 0 heterocycles. The number of hydrogen-bond donors (Lipinski definition) is 0. The molecule has 0 bridgehead atoms. The number of ether oxygens (including phenoxy) is 2. The smallest absolute Gasteiger partial charge is 0.339 e. The Morgan fingerprint density at radius 3 is 2.00 bits per heavy atom. The minimum absolute atomic E-state index is 0.0428. The number of carbonyl (C=O) groups excluding carboxylic acids is 2. The average molecular weight is 511 g/mol. The van der Waals surface area contributed by atoms with Crippen LogP contribution in [0, 0.1) is 5.92 Å². The fraction of sp³-hybridized carbons (Fsp3) is 0.188. The third-order valence-electron chi connectivity index (χ3n) is 6.24. The van der Waals surface area contributed by atoms with E-state index in [2.05, 4.69) is 24.3 Å². The van der Waals surface area contributed by atoms with Gasteiger partial charge in [-0.1, -0.05) is 104 Å². The molecule has 4 nitrogen and oxygen atoms in total. The Balaban J connectivity index is 1.74. The quantitative estimate of drug-likeness (QED) is 0.142. The molecule has 0 aromatic heterocycles. The van der Waals surface area contributed by atoms with Crippen molar-refractivity contribution in [1.82, 2.24) is 0 Å². The number of hydrogen-bond acceptors (Lipinski definition) is 4. The van der Waals surface area contributed by atoms with Crippen molar-refractivity contribution in [2.45, 2.75) is 25.9 Å². The molecular weight excluding hydrogens is 479 g/mol. The minimum Gasteiger partial charge on any atom is -0.496 e. The first kappa shape index (κ1) is 26.3. The molecule has 2 atom stereocenters. The first-order chi connectivity index (χ1) is 18.1. The molecule has 0 aliphatic rings. The molecule has 5 heteroatoms. The SMILES string of the molecule is COc1ccccc1[C@H](C[C@@H](C)CC=O)OC(=O)c1ccccc1P(c1ccccc1)c1ccccc1. The van der Waals surface area contributed by atoms with Gasteiger partial charge in [0, 0.05) is 12.0 Å². The summed E-state index contributed by atoms with van der Waals surface area (Å²) >= 11 is 0. The average Bonchev–Trinajstić information content (AvgIpc) is 2.94. The number of esters is 1. The molecule has 0 unspecified atom stereocenters. The molecular formula is C32H31O4P. The molecule has 4 aromatic carbocycles. The Morgan fingerprint density at radius 2 is 1.38 bits per heavy atom. The molecule has 0 N–H and O–H groups in total. The van der Waals surface area contributed by atoms with Gasteiger partial charge in [0.05, 0.1) is 12.7 Å². The van der Waals surface area contributed by atoms with Gasteiger partial charge in [-0.15, -0.1) is 0 Å². The maximum Gasteiger partial charge on any atom is 0.339 e. The van der Waals surface area contributed by atoms with Crippen molar-refractivity contribution in [3.63, 3.8) is 0 Å². The molecule has 0 fully saturated rings. The summed E-state index contributed by atoms with van der Waals surface area (Å²) in [5, 5.41) is 3.26. The lowest BCUT2D eigenvalue weighted by molar-refractivity contribution is -0.108. The van der Waals surface area contributed by atoms with Gasteiger partial charge in [-0.05, 0) is 48.3 Å². The van der Waals surface area contributed by atoms with Gasteiger partial charge in [0.1, 0.15) is 18.1 Å². The van der Waals surface area contributed by atoms with E-state index < -0.39 is 14.0 Å². The van der Waals surface area contributed by atoms with E-state index in [0.29, 0.717) is 24.2 Å². The number of rotatable bonds is 11. The first-order valence-corrected chi connectivity index (χ1v) is 13.7. The van der Waals surface area contributed by atoms with Crippen molar-refractivity contribution in [1.29, 1.82) is 0 Å². The molecule has 0 aliphatic heterocycles. The normalized spacial score (nSPS) is 12.5. The van der Waals surface area contributed by atoms with E-state index in [4.69, 9.17) is 9.47 Å². The number of aldehydes is 1. The lowest BCUT2D eigenvalue weighted by Crippen LogP contribution is -2.26. The monoisotopic (exact) mass is 510 g/mol. The van der Waals surface area contributed by atoms with Crippen molar-refractivity contribution >= 4 is 36.1 Å². The summed E-state index contributed by atoms with van der Waals surface area (Å²) in [6.07, 6.45) is 1.27. The second-order valence-electron chi connectivity index (χ2n) is 8.90. The van der Waals surface area contributed by atoms with Gasteiger partial charge in [-0.25, -0.2) is 4.79 Å². The van der Waals surface area contributed by atoms with Crippen LogP contribution in [0.3, 0.4) is 0 Å². The zero-order chi connectivity index (χ0) is 26.0. The van der Waals surface area contributed by atoms with Crippen molar-refractivity contribution in [2.75, 3.05) is 7.11 Å².